The number of carbonyl (C=O) groups excluding carboxylic acids is 1. The quantitative estimate of drug-likeness (QED) is 0.772. The summed E-state index contributed by atoms with van der Waals surface area (Å²) >= 11 is 0. The SMILES string of the molecule is COc1ccc(CCNC(=O)NCCc2nc(C)cc(C(F)(F)F)n2)cc1. The van der Waals surface area contributed by atoms with Crippen LogP contribution in [0.5, 0.6) is 5.75 Å². The van der Waals surface area contributed by atoms with E-state index in [1.165, 1.54) is 6.92 Å². The number of methoxy groups -OCH3 is 1. The molecule has 1 heterocycles. The van der Waals surface area contributed by atoms with Crippen LogP contribution in [0.3, 0.4) is 0 Å². The van der Waals surface area contributed by atoms with Crippen LogP contribution in [0.4, 0.5) is 18.0 Å². The number of hydrogen-bond donors (Lipinski definition) is 2. The zero-order chi connectivity index (χ0) is 19.9. The Morgan fingerprint density at radius 1 is 1.07 bits per heavy atom. The molecule has 0 unspecified atom stereocenters. The summed E-state index contributed by atoms with van der Waals surface area (Å²) in [6.07, 6.45) is -3.77. The number of halogens is 3. The lowest BCUT2D eigenvalue weighted by atomic mass is 10.1. The number of nitrogens with zero attached hydrogens (tertiary/aromatic N) is 2. The number of nitrogens with one attached hydrogen (secondary N) is 2. The lowest BCUT2D eigenvalue weighted by Gasteiger charge is -2.10. The molecule has 9 heteroatoms. The van der Waals surface area contributed by atoms with Crippen molar-refractivity contribution in [3.63, 3.8) is 0 Å². The molecule has 2 N–H and O–H groups in total. The highest BCUT2D eigenvalue weighted by Crippen LogP contribution is 2.27. The Labute approximate surface area is 155 Å². The molecule has 0 fully saturated rings. The summed E-state index contributed by atoms with van der Waals surface area (Å²) in [5.74, 6) is 0.803. The van der Waals surface area contributed by atoms with Gasteiger partial charge in [-0.15, -0.1) is 0 Å². The van der Waals surface area contributed by atoms with Crippen LogP contribution < -0.4 is 15.4 Å². The molecule has 2 rings (SSSR count). The summed E-state index contributed by atoms with van der Waals surface area (Å²) in [5.41, 5.74) is 0.300. The first-order chi connectivity index (χ1) is 12.8. The second-order valence-corrected chi connectivity index (χ2v) is 5.84. The van der Waals surface area contributed by atoms with Gasteiger partial charge in [-0.1, -0.05) is 12.1 Å². The predicted octanol–water partition coefficient (Wildman–Crippen LogP) is 2.90. The van der Waals surface area contributed by atoms with Gasteiger partial charge in [0.15, 0.2) is 0 Å². The normalized spacial score (nSPS) is 11.1. The van der Waals surface area contributed by atoms with E-state index in [-0.39, 0.29) is 24.5 Å². The zero-order valence-corrected chi connectivity index (χ0v) is 15.1. The summed E-state index contributed by atoms with van der Waals surface area (Å²) in [6, 6.07) is 7.99. The molecule has 0 saturated carbocycles. The smallest absolute Gasteiger partial charge is 0.433 e. The van der Waals surface area contributed by atoms with Crippen molar-refractivity contribution >= 4 is 6.03 Å². The highest BCUT2D eigenvalue weighted by molar-refractivity contribution is 5.73. The first-order valence-electron chi connectivity index (χ1n) is 8.34. The minimum absolute atomic E-state index is 0.0425. The maximum atomic E-state index is 12.7. The zero-order valence-electron chi connectivity index (χ0n) is 15.1. The molecule has 0 bridgehead atoms. The average Bonchev–Trinajstić information content (AvgIpc) is 2.61. The van der Waals surface area contributed by atoms with Gasteiger partial charge < -0.3 is 15.4 Å². The molecular weight excluding hydrogens is 361 g/mol. The van der Waals surface area contributed by atoms with Crippen LogP contribution in [0, 0.1) is 6.92 Å². The van der Waals surface area contributed by atoms with Crippen molar-refractivity contribution in [2.24, 2.45) is 0 Å². The van der Waals surface area contributed by atoms with E-state index in [0.29, 0.717) is 13.0 Å². The maximum absolute atomic E-state index is 12.7. The van der Waals surface area contributed by atoms with Gasteiger partial charge in [0, 0.05) is 25.2 Å². The lowest BCUT2D eigenvalue weighted by Crippen LogP contribution is -2.37. The van der Waals surface area contributed by atoms with Crippen LogP contribution in [0.1, 0.15) is 22.8 Å². The van der Waals surface area contributed by atoms with Crippen molar-refractivity contribution in [2.75, 3.05) is 20.2 Å². The minimum Gasteiger partial charge on any atom is -0.497 e. The van der Waals surface area contributed by atoms with Gasteiger partial charge in [-0.3, -0.25) is 0 Å². The summed E-state index contributed by atoms with van der Waals surface area (Å²) < 4.78 is 43.3. The third-order valence-electron chi connectivity index (χ3n) is 3.68. The van der Waals surface area contributed by atoms with Gasteiger partial charge in [-0.05, 0) is 37.1 Å². The molecule has 1 aromatic heterocycles. The van der Waals surface area contributed by atoms with Crippen LogP contribution >= 0.6 is 0 Å². The number of alkyl halides is 3. The molecule has 0 aliphatic carbocycles. The highest BCUT2D eigenvalue weighted by atomic mass is 19.4. The van der Waals surface area contributed by atoms with Crippen molar-refractivity contribution < 1.29 is 22.7 Å². The molecule has 0 spiro atoms. The number of hydrogen-bond acceptors (Lipinski definition) is 4. The predicted molar refractivity (Wildman–Crippen MR) is 93.6 cm³/mol. The maximum Gasteiger partial charge on any atom is 0.433 e. The molecule has 1 aromatic carbocycles. The number of urea groups is 1. The monoisotopic (exact) mass is 382 g/mol. The summed E-state index contributed by atoms with van der Waals surface area (Å²) in [6.45, 7) is 2.03. The summed E-state index contributed by atoms with van der Waals surface area (Å²) in [7, 11) is 1.59. The molecule has 2 amide bonds. The van der Waals surface area contributed by atoms with Gasteiger partial charge >= 0.3 is 12.2 Å². The van der Waals surface area contributed by atoms with E-state index in [9.17, 15) is 18.0 Å². The molecule has 0 radical (unpaired) electrons. The van der Waals surface area contributed by atoms with Crippen molar-refractivity contribution in [3.8, 4) is 5.75 Å². The Balaban J connectivity index is 1.73. The van der Waals surface area contributed by atoms with E-state index in [1.807, 2.05) is 24.3 Å². The number of aromatic nitrogens is 2. The molecule has 2 aromatic rings. The van der Waals surface area contributed by atoms with Crippen molar-refractivity contribution in [3.05, 3.63) is 53.1 Å². The van der Waals surface area contributed by atoms with Crippen LogP contribution in [-0.2, 0) is 19.0 Å². The Morgan fingerprint density at radius 2 is 1.70 bits per heavy atom. The first kappa shape index (κ1) is 20.5. The van der Waals surface area contributed by atoms with Crippen molar-refractivity contribution in [2.45, 2.75) is 25.9 Å². The van der Waals surface area contributed by atoms with E-state index in [4.69, 9.17) is 4.74 Å². The lowest BCUT2D eigenvalue weighted by molar-refractivity contribution is -0.141. The third-order valence-corrected chi connectivity index (χ3v) is 3.68. The van der Waals surface area contributed by atoms with Crippen LogP contribution in [-0.4, -0.2) is 36.2 Å². The Kier molecular flexibility index (Phi) is 6.98. The standard InChI is InChI=1S/C18H21F3N4O2/c1-12-11-15(18(19,20)21)25-16(24-12)8-10-23-17(26)22-9-7-13-3-5-14(27-2)6-4-13/h3-6,11H,7-10H2,1-2H3,(H2,22,23,26). The Morgan fingerprint density at radius 3 is 2.30 bits per heavy atom. The number of ether oxygens (including phenoxy) is 1. The van der Waals surface area contributed by atoms with Gasteiger partial charge in [0.1, 0.15) is 17.3 Å². The van der Waals surface area contributed by atoms with Gasteiger partial charge in [-0.25, -0.2) is 14.8 Å². The third kappa shape index (κ3) is 6.76. The minimum atomic E-state index is -4.52. The van der Waals surface area contributed by atoms with E-state index in [0.717, 1.165) is 17.4 Å². The second kappa shape index (κ2) is 9.20. The second-order valence-electron chi connectivity index (χ2n) is 5.84. The number of benzene rings is 1. The molecular formula is C18H21F3N4O2. The molecule has 0 aliphatic rings. The Hall–Kier alpha value is -2.84. The molecule has 27 heavy (non-hydrogen) atoms. The molecule has 146 valence electrons. The fraction of sp³-hybridized carbons (Fsp3) is 0.389. The van der Waals surface area contributed by atoms with Gasteiger partial charge in [0.2, 0.25) is 0 Å². The number of amides is 2. The first-order valence-corrected chi connectivity index (χ1v) is 8.34. The van der Waals surface area contributed by atoms with Gasteiger partial charge in [0.05, 0.1) is 7.11 Å². The van der Waals surface area contributed by atoms with Crippen LogP contribution in [0.25, 0.3) is 0 Å². The van der Waals surface area contributed by atoms with Gasteiger partial charge in [-0.2, -0.15) is 13.2 Å². The van der Waals surface area contributed by atoms with Crippen molar-refractivity contribution in [1.82, 2.24) is 20.6 Å². The fourth-order valence-electron chi connectivity index (χ4n) is 2.35. The molecule has 0 atom stereocenters. The van der Waals surface area contributed by atoms with E-state index in [2.05, 4.69) is 20.6 Å². The molecule has 6 nitrogen and oxygen atoms in total. The Bertz CT molecular complexity index is 764. The average molecular weight is 382 g/mol. The van der Waals surface area contributed by atoms with E-state index < -0.39 is 17.9 Å². The van der Waals surface area contributed by atoms with Crippen LogP contribution in [0.2, 0.25) is 0 Å². The number of rotatable bonds is 7. The molecule has 0 aliphatic heterocycles. The number of aryl methyl sites for hydroxylation is 1. The van der Waals surface area contributed by atoms with Gasteiger partial charge in [0.25, 0.3) is 0 Å². The summed E-state index contributed by atoms with van der Waals surface area (Å²) in [5, 5.41) is 5.27. The topological polar surface area (TPSA) is 76.1 Å². The van der Waals surface area contributed by atoms with Crippen molar-refractivity contribution in [1.29, 1.82) is 0 Å². The summed E-state index contributed by atoms with van der Waals surface area (Å²) in [4.78, 5) is 19.2. The van der Waals surface area contributed by atoms with E-state index in [1.54, 1.807) is 7.11 Å². The van der Waals surface area contributed by atoms with E-state index >= 15 is 0 Å². The highest BCUT2D eigenvalue weighted by Gasteiger charge is 2.33. The largest absolute Gasteiger partial charge is 0.497 e. The fourth-order valence-corrected chi connectivity index (χ4v) is 2.35. The van der Waals surface area contributed by atoms with Crippen LogP contribution in [0.15, 0.2) is 30.3 Å². The number of carbonyl (C=O) groups is 1. The molecule has 0 saturated heterocycles.